The summed E-state index contributed by atoms with van der Waals surface area (Å²) in [6, 6.07) is 3.61. The van der Waals surface area contributed by atoms with Gasteiger partial charge in [0.2, 0.25) is 0 Å². The Morgan fingerprint density at radius 1 is 1.19 bits per heavy atom. The first-order valence-corrected chi connectivity index (χ1v) is 6.50. The number of hydrogen-bond acceptors (Lipinski definition) is 6. The molecule has 2 aromatic rings. The molecule has 0 bridgehead atoms. The van der Waals surface area contributed by atoms with Crippen molar-refractivity contribution in [3.63, 3.8) is 0 Å². The molecular weight excluding hydrogens is 348 g/mol. The van der Waals surface area contributed by atoms with E-state index in [-0.39, 0.29) is 35.2 Å². The molecule has 112 valence electrons. The fourth-order valence-corrected chi connectivity index (χ4v) is 2.04. The predicted molar refractivity (Wildman–Crippen MR) is 79.3 cm³/mol. The molecule has 7 N–H and O–H groups in total. The quantitative estimate of drug-likeness (QED) is 0.491. The highest BCUT2D eigenvalue weighted by Gasteiger charge is 2.14. The Hall–Kier alpha value is -2.13. The molecule has 0 unspecified atom stereocenters. The summed E-state index contributed by atoms with van der Waals surface area (Å²) < 4.78 is 33.0. The highest BCUT2D eigenvalue weighted by atomic mass is 79.9. The molecule has 2 rings (SSSR count). The maximum atomic E-state index is 13.7. The summed E-state index contributed by atoms with van der Waals surface area (Å²) in [6.45, 7) is -0.359. The third-order valence-electron chi connectivity index (χ3n) is 2.65. The van der Waals surface area contributed by atoms with Gasteiger partial charge in [-0.25, -0.2) is 19.6 Å². The van der Waals surface area contributed by atoms with Crippen LogP contribution in [0.3, 0.4) is 0 Å². The van der Waals surface area contributed by atoms with Gasteiger partial charge in [0.05, 0.1) is 5.56 Å². The number of pyridine rings is 1. The Labute approximate surface area is 127 Å². The summed E-state index contributed by atoms with van der Waals surface area (Å²) in [4.78, 5) is 3.84. The van der Waals surface area contributed by atoms with Crippen molar-refractivity contribution < 1.29 is 13.5 Å². The third-order valence-corrected chi connectivity index (χ3v) is 3.11. The highest BCUT2D eigenvalue weighted by molar-refractivity contribution is 9.10. The first kappa shape index (κ1) is 15.3. The first-order valence-electron chi connectivity index (χ1n) is 5.71. The van der Waals surface area contributed by atoms with Crippen LogP contribution in [0, 0.1) is 11.6 Å². The number of nitrogens with zero attached hydrogens (tertiary/aromatic N) is 1. The number of rotatable bonds is 4. The monoisotopic (exact) mass is 359 g/mol. The molecule has 0 saturated carbocycles. The molecule has 0 fully saturated rings. The van der Waals surface area contributed by atoms with Crippen molar-refractivity contribution in [3.8, 4) is 5.75 Å². The fraction of sp³-hybridized carbons (Fsp3) is 0.0833. The van der Waals surface area contributed by atoms with Crippen LogP contribution in [0.1, 0.15) is 5.56 Å². The average Bonchev–Trinajstić information content (AvgIpc) is 2.40. The molecule has 0 spiro atoms. The van der Waals surface area contributed by atoms with Gasteiger partial charge in [0.15, 0.2) is 5.82 Å². The summed E-state index contributed by atoms with van der Waals surface area (Å²) in [5.74, 6) is 4.09. The van der Waals surface area contributed by atoms with Gasteiger partial charge in [-0.05, 0) is 12.1 Å². The lowest BCUT2D eigenvalue weighted by Crippen LogP contribution is -2.13. The molecule has 0 atom stereocenters. The Morgan fingerprint density at radius 2 is 1.81 bits per heavy atom. The number of ether oxygens (including phenoxy) is 1. The first-order chi connectivity index (χ1) is 9.92. The van der Waals surface area contributed by atoms with Gasteiger partial charge in [0.25, 0.3) is 0 Å². The molecule has 21 heavy (non-hydrogen) atoms. The number of hydrazine groups is 1. The Morgan fingerprint density at radius 3 is 2.38 bits per heavy atom. The lowest BCUT2D eigenvalue weighted by molar-refractivity contribution is 0.294. The zero-order valence-electron chi connectivity index (χ0n) is 10.7. The standard InChI is InChI=1S/C12H12BrF2N5O/c13-5-1-7(14)6(8(15)2-5)4-21-9-3-10(16)19-12(20-18)11(9)17/h1-3H,4,17-18H2,(H3,16,19,20). The number of halogens is 3. The number of nitrogens with one attached hydrogen (secondary N) is 1. The van der Waals surface area contributed by atoms with E-state index in [0.29, 0.717) is 4.47 Å². The van der Waals surface area contributed by atoms with Crippen molar-refractivity contribution in [2.24, 2.45) is 5.84 Å². The summed E-state index contributed by atoms with van der Waals surface area (Å²) in [5, 5.41) is 0. The smallest absolute Gasteiger partial charge is 0.169 e. The number of benzene rings is 1. The highest BCUT2D eigenvalue weighted by Crippen LogP contribution is 2.30. The molecule has 0 radical (unpaired) electrons. The van der Waals surface area contributed by atoms with Crippen LogP contribution in [0.4, 0.5) is 26.1 Å². The number of aromatic nitrogens is 1. The fourth-order valence-electron chi connectivity index (χ4n) is 1.64. The van der Waals surface area contributed by atoms with Crippen molar-refractivity contribution in [2.75, 3.05) is 16.9 Å². The molecule has 0 aliphatic carbocycles. The van der Waals surface area contributed by atoms with Crippen LogP contribution in [0.15, 0.2) is 22.7 Å². The molecular formula is C12H12BrF2N5O. The Balaban J connectivity index is 2.27. The Bertz CT molecular complexity index is 660. The second kappa shape index (κ2) is 6.10. The molecule has 0 aliphatic heterocycles. The zero-order chi connectivity index (χ0) is 15.6. The molecule has 0 aliphatic rings. The molecule has 1 aromatic heterocycles. The van der Waals surface area contributed by atoms with Gasteiger partial charge in [-0.15, -0.1) is 0 Å². The summed E-state index contributed by atoms with van der Waals surface area (Å²) in [7, 11) is 0. The SMILES string of the molecule is NNc1nc(N)cc(OCc2c(F)cc(Br)cc2F)c1N. The van der Waals surface area contributed by atoms with E-state index in [1.165, 1.54) is 6.07 Å². The minimum absolute atomic E-state index is 0.0876. The van der Waals surface area contributed by atoms with Gasteiger partial charge in [0.1, 0.15) is 35.5 Å². The van der Waals surface area contributed by atoms with Crippen molar-refractivity contribution in [3.05, 3.63) is 39.9 Å². The second-order valence-corrected chi connectivity index (χ2v) is 5.00. The maximum Gasteiger partial charge on any atom is 0.169 e. The van der Waals surface area contributed by atoms with E-state index in [0.717, 1.165) is 12.1 Å². The number of hydrogen-bond donors (Lipinski definition) is 4. The molecule has 0 amide bonds. The van der Waals surface area contributed by atoms with Crippen LogP contribution in [-0.4, -0.2) is 4.98 Å². The van der Waals surface area contributed by atoms with Crippen LogP contribution in [-0.2, 0) is 6.61 Å². The molecule has 1 aromatic carbocycles. The van der Waals surface area contributed by atoms with E-state index < -0.39 is 11.6 Å². The van der Waals surface area contributed by atoms with Gasteiger partial charge in [-0.3, -0.25) is 0 Å². The minimum Gasteiger partial charge on any atom is -0.486 e. The van der Waals surface area contributed by atoms with Crippen LogP contribution in [0.2, 0.25) is 0 Å². The van der Waals surface area contributed by atoms with E-state index in [1.807, 2.05) is 0 Å². The minimum atomic E-state index is -0.736. The maximum absolute atomic E-state index is 13.7. The van der Waals surface area contributed by atoms with E-state index in [4.69, 9.17) is 22.0 Å². The molecule has 0 saturated heterocycles. The third kappa shape index (κ3) is 3.31. The number of nitrogens with two attached hydrogens (primary N) is 3. The molecule has 1 heterocycles. The second-order valence-electron chi connectivity index (χ2n) is 4.09. The van der Waals surface area contributed by atoms with Gasteiger partial charge in [-0.2, -0.15) is 0 Å². The normalized spacial score (nSPS) is 10.5. The van der Waals surface area contributed by atoms with Crippen LogP contribution in [0.25, 0.3) is 0 Å². The van der Waals surface area contributed by atoms with E-state index in [2.05, 4.69) is 26.3 Å². The van der Waals surface area contributed by atoms with Crippen molar-refractivity contribution in [2.45, 2.75) is 6.61 Å². The summed E-state index contributed by atoms with van der Waals surface area (Å²) in [5.41, 5.74) is 13.4. The van der Waals surface area contributed by atoms with E-state index in [9.17, 15) is 8.78 Å². The lowest BCUT2D eigenvalue weighted by atomic mass is 10.2. The van der Waals surface area contributed by atoms with Crippen molar-refractivity contribution >= 4 is 33.3 Å². The van der Waals surface area contributed by atoms with Crippen LogP contribution in [0.5, 0.6) is 5.75 Å². The topological polar surface area (TPSA) is 112 Å². The van der Waals surface area contributed by atoms with Gasteiger partial charge < -0.3 is 21.6 Å². The zero-order valence-corrected chi connectivity index (χ0v) is 12.2. The number of nitrogen functional groups attached to an aromatic ring is 3. The van der Waals surface area contributed by atoms with E-state index in [1.54, 1.807) is 0 Å². The average molecular weight is 360 g/mol. The van der Waals surface area contributed by atoms with Crippen molar-refractivity contribution in [1.82, 2.24) is 4.98 Å². The van der Waals surface area contributed by atoms with Crippen molar-refractivity contribution in [1.29, 1.82) is 0 Å². The van der Waals surface area contributed by atoms with Crippen LogP contribution < -0.4 is 27.5 Å². The summed E-state index contributed by atoms with van der Waals surface area (Å²) in [6.07, 6.45) is 0. The largest absolute Gasteiger partial charge is 0.486 e. The van der Waals surface area contributed by atoms with Gasteiger partial charge >= 0.3 is 0 Å². The van der Waals surface area contributed by atoms with Crippen LogP contribution >= 0.6 is 15.9 Å². The number of anilines is 3. The van der Waals surface area contributed by atoms with E-state index >= 15 is 0 Å². The predicted octanol–water partition coefficient (Wildman–Crippen LogP) is 2.15. The van der Waals surface area contributed by atoms with Gasteiger partial charge in [0, 0.05) is 10.5 Å². The molecule has 9 heteroatoms. The molecule has 6 nitrogen and oxygen atoms in total. The Kier molecular flexibility index (Phi) is 4.43. The summed E-state index contributed by atoms with van der Waals surface area (Å²) >= 11 is 3.00. The lowest BCUT2D eigenvalue weighted by Gasteiger charge is -2.13. The van der Waals surface area contributed by atoms with Gasteiger partial charge in [-0.1, -0.05) is 15.9 Å².